The molecule has 2 heterocycles. The molecule has 0 radical (unpaired) electrons. The van der Waals surface area contributed by atoms with E-state index in [4.69, 9.17) is 28.9 Å². The third-order valence-corrected chi connectivity index (χ3v) is 4.94. The first-order chi connectivity index (χ1) is 11.0. The predicted molar refractivity (Wildman–Crippen MR) is 97.5 cm³/mol. The highest BCUT2D eigenvalue weighted by Crippen LogP contribution is 2.29. The van der Waals surface area contributed by atoms with Crippen LogP contribution in [0.3, 0.4) is 0 Å². The first kappa shape index (κ1) is 16.2. The number of rotatable bonds is 3. The Morgan fingerprint density at radius 2 is 2.13 bits per heavy atom. The fourth-order valence-corrected chi connectivity index (χ4v) is 3.65. The topological polar surface area (TPSA) is 71.2 Å². The van der Waals surface area contributed by atoms with E-state index in [2.05, 4.69) is 14.6 Å². The molecule has 0 atom stereocenters. The molecule has 1 aromatic heterocycles. The number of nitrogens with zero attached hydrogens (tertiary/aromatic N) is 2. The van der Waals surface area contributed by atoms with Crippen molar-refractivity contribution in [3.8, 4) is 0 Å². The third-order valence-electron chi connectivity index (χ3n) is 3.27. The summed E-state index contributed by atoms with van der Waals surface area (Å²) in [5.74, 6) is 1.45. The largest absolute Gasteiger partial charge is 0.399 e. The lowest BCUT2D eigenvalue weighted by atomic mass is 10.2. The fraction of sp³-hybridized carbons (Fsp3) is 0.200. The van der Waals surface area contributed by atoms with Crippen LogP contribution in [0.1, 0.15) is 16.8 Å². The molecule has 3 N–H and O–H groups in total. The van der Waals surface area contributed by atoms with Crippen molar-refractivity contribution in [3.63, 3.8) is 0 Å². The average molecular weight is 369 g/mol. The zero-order chi connectivity index (χ0) is 16.4. The van der Waals surface area contributed by atoms with Gasteiger partial charge in [-0.3, -0.25) is 4.79 Å². The Morgan fingerprint density at radius 1 is 1.30 bits per heavy atom. The molecule has 0 aliphatic carbocycles. The summed E-state index contributed by atoms with van der Waals surface area (Å²) in [6.07, 6.45) is 2.59. The minimum absolute atomic E-state index is 0.297. The van der Waals surface area contributed by atoms with Gasteiger partial charge in [-0.2, -0.15) is 0 Å². The Bertz CT molecular complexity index is 730. The quantitative estimate of drug-likeness (QED) is 0.630. The molecule has 120 valence electrons. The summed E-state index contributed by atoms with van der Waals surface area (Å²) in [5.41, 5.74) is 7.09. The molecule has 0 spiro atoms. The van der Waals surface area contributed by atoms with Gasteiger partial charge >= 0.3 is 0 Å². The summed E-state index contributed by atoms with van der Waals surface area (Å²) in [6.45, 7) is 0.908. The van der Waals surface area contributed by atoms with Gasteiger partial charge in [-0.1, -0.05) is 23.2 Å². The minimum atomic E-state index is -0.329. The lowest BCUT2D eigenvalue weighted by Crippen LogP contribution is -2.16. The van der Waals surface area contributed by atoms with Gasteiger partial charge in [-0.05, 0) is 42.6 Å². The van der Waals surface area contributed by atoms with Crippen molar-refractivity contribution in [3.05, 3.63) is 46.1 Å². The lowest BCUT2D eigenvalue weighted by Gasteiger charge is -2.16. The molecule has 0 saturated carbocycles. The molecule has 0 bridgehead atoms. The Balaban J connectivity index is 1.84. The summed E-state index contributed by atoms with van der Waals surface area (Å²) < 4.78 is 2.06. The zero-order valence-corrected chi connectivity index (χ0v) is 14.4. The Labute approximate surface area is 148 Å². The SMILES string of the molecule is Nc1cc(Cl)cc(NC(=O)c2cc(N3CCCS3)ncc2Cl)c1. The van der Waals surface area contributed by atoms with Crippen LogP contribution in [-0.4, -0.2) is 23.2 Å². The van der Waals surface area contributed by atoms with Gasteiger partial charge in [0.2, 0.25) is 0 Å². The summed E-state index contributed by atoms with van der Waals surface area (Å²) in [5, 5.41) is 3.51. The van der Waals surface area contributed by atoms with Gasteiger partial charge in [0, 0.05) is 34.9 Å². The second-order valence-electron chi connectivity index (χ2n) is 5.04. The number of hydrogen-bond donors (Lipinski definition) is 2. The Kier molecular flexibility index (Phi) is 4.84. The number of nitrogens with two attached hydrogens (primary N) is 1. The van der Waals surface area contributed by atoms with E-state index in [9.17, 15) is 4.79 Å². The molecule has 8 heteroatoms. The van der Waals surface area contributed by atoms with Gasteiger partial charge in [0.1, 0.15) is 5.82 Å². The van der Waals surface area contributed by atoms with Crippen LogP contribution in [0.2, 0.25) is 10.0 Å². The van der Waals surface area contributed by atoms with Crippen LogP contribution in [0.4, 0.5) is 17.2 Å². The zero-order valence-electron chi connectivity index (χ0n) is 12.1. The Morgan fingerprint density at radius 3 is 2.83 bits per heavy atom. The van der Waals surface area contributed by atoms with Gasteiger partial charge in [-0.15, -0.1) is 0 Å². The van der Waals surface area contributed by atoms with Crippen molar-refractivity contribution in [2.75, 3.05) is 27.7 Å². The fourth-order valence-electron chi connectivity index (χ4n) is 2.25. The first-order valence-corrected chi connectivity index (χ1v) is 8.66. The number of benzene rings is 1. The molecule has 1 aromatic carbocycles. The van der Waals surface area contributed by atoms with Crippen LogP contribution in [0.5, 0.6) is 0 Å². The third kappa shape index (κ3) is 3.83. The number of anilines is 3. The number of nitrogens with one attached hydrogen (secondary N) is 1. The van der Waals surface area contributed by atoms with E-state index in [1.807, 2.05) is 0 Å². The molecule has 1 fully saturated rings. The Hall–Kier alpha value is -1.63. The van der Waals surface area contributed by atoms with Crippen LogP contribution in [0.25, 0.3) is 0 Å². The maximum absolute atomic E-state index is 12.5. The summed E-state index contributed by atoms with van der Waals surface area (Å²) in [6, 6.07) is 6.57. The van der Waals surface area contributed by atoms with E-state index in [1.54, 1.807) is 36.2 Å². The van der Waals surface area contributed by atoms with Crippen molar-refractivity contribution in [1.29, 1.82) is 0 Å². The maximum atomic E-state index is 12.5. The normalized spacial score (nSPS) is 14.1. The first-order valence-electron chi connectivity index (χ1n) is 6.96. The second kappa shape index (κ2) is 6.86. The highest BCUT2D eigenvalue weighted by Gasteiger charge is 2.19. The van der Waals surface area contributed by atoms with Crippen molar-refractivity contribution in [2.24, 2.45) is 0 Å². The van der Waals surface area contributed by atoms with Crippen LogP contribution >= 0.6 is 35.1 Å². The molecule has 1 amide bonds. The summed E-state index contributed by atoms with van der Waals surface area (Å²) >= 11 is 13.8. The molecule has 5 nitrogen and oxygen atoms in total. The van der Waals surface area contributed by atoms with Crippen LogP contribution < -0.4 is 15.4 Å². The summed E-state index contributed by atoms with van der Waals surface area (Å²) in [7, 11) is 0. The number of pyridine rings is 1. The molecular formula is C15H14Cl2N4OS. The highest BCUT2D eigenvalue weighted by molar-refractivity contribution is 8.00. The standard InChI is InChI=1S/C15H14Cl2N4OS/c16-9-4-10(18)6-11(5-9)20-15(22)12-7-14(19-8-13(12)17)21-2-1-3-23-21/h4-8H,1-3,18H2,(H,20,22). The molecule has 0 unspecified atom stereocenters. The van der Waals surface area contributed by atoms with Crippen molar-refractivity contribution >= 4 is 58.2 Å². The van der Waals surface area contributed by atoms with Gasteiger partial charge in [0.25, 0.3) is 5.91 Å². The van der Waals surface area contributed by atoms with Crippen LogP contribution in [0.15, 0.2) is 30.5 Å². The molecule has 1 aliphatic rings. The highest BCUT2D eigenvalue weighted by atomic mass is 35.5. The molecule has 1 aliphatic heterocycles. The van der Waals surface area contributed by atoms with Crippen LogP contribution in [0, 0.1) is 0 Å². The summed E-state index contributed by atoms with van der Waals surface area (Å²) in [4.78, 5) is 16.8. The van der Waals surface area contributed by atoms with E-state index in [0.717, 1.165) is 24.5 Å². The number of aromatic nitrogens is 1. The van der Waals surface area contributed by atoms with Crippen molar-refractivity contribution < 1.29 is 4.79 Å². The predicted octanol–water partition coefficient (Wildman–Crippen LogP) is 4.08. The van der Waals surface area contributed by atoms with E-state index >= 15 is 0 Å². The molecule has 2 aromatic rings. The van der Waals surface area contributed by atoms with E-state index in [1.165, 1.54) is 6.20 Å². The average Bonchev–Trinajstić information content (AvgIpc) is 3.00. The number of nitrogen functional groups attached to an aromatic ring is 1. The second-order valence-corrected chi connectivity index (χ2v) is 6.99. The number of hydrogen-bond acceptors (Lipinski definition) is 5. The number of carbonyl (C=O) groups excluding carboxylic acids is 1. The van der Waals surface area contributed by atoms with Crippen molar-refractivity contribution in [2.45, 2.75) is 6.42 Å². The smallest absolute Gasteiger partial charge is 0.257 e. The van der Waals surface area contributed by atoms with E-state index < -0.39 is 0 Å². The lowest BCUT2D eigenvalue weighted by molar-refractivity contribution is 0.102. The van der Waals surface area contributed by atoms with Crippen LogP contribution in [-0.2, 0) is 0 Å². The molecule has 23 heavy (non-hydrogen) atoms. The van der Waals surface area contributed by atoms with Crippen molar-refractivity contribution in [1.82, 2.24) is 4.98 Å². The number of carbonyl (C=O) groups is 1. The maximum Gasteiger partial charge on any atom is 0.257 e. The van der Waals surface area contributed by atoms with E-state index in [0.29, 0.717) is 27.0 Å². The van der Waals surface area contributed by atoms with Gasteiger partial charge < -0.3 is 15.4 Å². The molecule has 3 rings (SSSR count). The minimum Gasteiger partial charge on any atom is -0.399 e. The number of amides is 1. The molecule has 1 saturated heterocycles. The monoisotopic (exact) mass is 368 g/mol. The number of halogens is 2. The van der Waals surface area contributed by atoms with E-state index in [-0.39, 0.29) is 5.91 Å². The van der Waals surface area contributed by atoms with Gasteiger partial charge in [0.05, 0.1) is 10.6 Å². The van der Waals surface area contributed by atoms with Gasteiger partial charge in [0.15, 0.2) is 0 Å². The molecular weight excluding hydrogens is 355 g/mol. The van der Waals surface area contributed by atoms with Gasteiger partial charge in [-0.25, -0.2) is 4.98 Å².